The van der Waals surface area contributed by atoms with Gasteiger partial charge < -0.3 is 5.43 Å². The Balaban J connectivity index is 2.00. The Morgan fingerprint density at radius 3 is 2.71 bits per heavy atom. The lowest BCUT2D eigenvalue weighted by molar-refractivity contribution is 0.862. The van der Waals surface area contributed by atoms with E-state index in [1.165, 1.54) is 11.8 Å². The van der Waals surface area contributed by atoms with Crippen molar-refractivity contribution in [1.29, 1.82) is 0 Å². The maximum Gasteiger partial charge on any atom is 0.147 e. The molecule has 110 valence electrons. The zero-order valence-corrected chi connectivity index (χ0v) is 13.7. The van der Waals surface area contributed by atoms with E-state index in [2.05, 4.69) is 15.4 Å². The highest BCUT2D eigenvalue weighted by molar-refractivity contribution is 7.99. The summed E-state index contributed by atoms with van der Waals surface area (Å²) in [5.74, 6) is 7.51. The third kappa shape index (κ3) is 3.26. The largest absolute Gasteiger partial charge is 0.308 e. The summed E-state index contributed by atoms with van der Waals surface area (Å²) in [6.45, 7) is 1.94. The number of nitrogens with two attached hydrogens (primary N) is 1. The Kier molecular flexibility index (Phi) is 4.26. The van der Waals surface area contributed by atoms with Crippen molar-refractivity contribution in [2.24, 2.45) is 5.84 Å². The Labute approximate surface area is 137 Å². The number of rotatable bonds is 4. The van der Waals surface area contributed by atoms with E-state index >= 15 is 0 Å². The highest BCUT2D eigenvalue weighted by Gasteiger charge is 2.28. The van der Waals surface area contributed by atoms with Gasteiger partial charge in [-0.25, -0.2) is 15.8 Å². The molecular weight excluding hydrogens is 327 g/mol. The first-order valence-electron chi connectivity index (χ1n) is 6.56. The van der Waals surface area contributed by atoms with Crippen molar-refractivity contribution in [3.8, 4) is 0 Å². The maximum atomic E-state index is 6.22. The summed E-state index contributed by atoms with van der Waals surface area (Å²) in [5.41, 5.74) is 3.55. The molecule has 2 aromatic rings. The summed E-state index contributed by atoms with van der Waals surface area (Å²) >= 11 is 13.7. The first kappa shape index (κ1) is 14.9. The normalized spacial score (nSPS) is 14.3. The Morgan fingerprint density at radius 2 is 2.05 bits per heavy atom. The van der Waals surface area contributed by atoms with Crippen LogP contribution in [0.5, 0.6) is 0 Å². The molecule has 0 bridgehead atoms. The average Bonchev–Trinajstić information content (AvgIpc) is 3.29. The number of anilines is 1. The van der Waals surface area contributed by atoms with Gasteiger partial charge in [-0.05, 0) is 38.0 Å². The minimum atomic E-state index is 0.451. The van der Waals surface area contributed by atoms with Crippen LogP contribution in [-0.4, -0.2) is 9.97 Å². The van der Waals surface area contributed by atoms with Gasteiger partial charge in [-0.15, -0.1) is 0 Å². The summed E-state index contributed by atoms with van der Waals surface area (Å²) in [4.78, 5) is 10.0. The molecule has 0 atom stereocenters. The van der Waals surface area contributed by atoms with Gasteiger partial charge >= 0.3 is 0 Å². The first-order chi connectivity index (χ1) is 10.1. The molecule has 0 radical (unpaired) electrons. The smallest absolute Gasteiger partial charge is 0.147 e. The first-order valence-corrected chi connectivity index (χ1v) is 8.13. The third-order valence-corrected chi connectivity index (χ3v) is 5.12. The molecular formula is C14H14Cl2N4S. The summed E-state index contributed by atoms with van der Waals surface area (Å²) in [5, 5.41) is 2.15. The van der Waals surface area contributed by atoms with Crippen molar-refractivity contribution in [3.05, 3.63) is 39.6 Å². The topological polar surface area (TPSA) is 63.8 Å². The van der Waals surface area contributed by atoms with E-state index < -0.39 is 0 Å². The van der Waals surface area contributed by atoms with Crippen molar-refractivity contribution in [2.75, 3.05) is 5.43 Å². The molecule has 3 rings (SSSR count). The highest BCUT2D eigenvalue weighted by Crippen LogP contribution is 2.42. The number of halogens is 2. The molecule has 1 aliphatic rings. The van der Waals surface area contributed by atoms with Gasteiger partial charge in [-0.3, -0.25) is 0 Å². The third-order valence-electron chi connectivity index (χ3n) is 3.30. The molecule has 1 aromatic heterocycles. The van der Waals surface area contributed by atoms with Crippen LogP contribution in [0, 0.1) is 6.92 Å². The fraction of sp³-hybridized carbons (Fsp3) is 0.286. The molecule has 1 fully saturated rings. The van der Waals surface area contributed by atoms with E-state index in [0.717, 1.165) is 34.2 Å². The highest BCUT2D eigenvalue weighted by atomic mass is 35.5. The number of aromatic nitrogens is 2. The van der Waals surface area contributed by atoms with Crippen molar-refractivity contribution in [2.45, 2.75) is 35.6 Å². The molecule has 1 aliphatic carbocycles. The molecule has 4 nitrogen and oxygen atoms in total. The molecule has 1 saturated carbocycles. The van der Waals surface area contributed by atoms with E-state index in [1.807, 2.05) is 13.0 Å². The molecule has 0 unspecified atom stereocenters. The SMILES string of the molecule is Cc1c(NN)nc(C2CC2)nc1Sc1cc(Cl)ccc1Cl. The number of nitrogen functional groups attached to an aromatic ring is 1. The van der Waals surface area contributed by atoms with Crippen molar-refractivity contribution in [3.63, 3.8) is 0 Å². The van der Waals surface area contributed by atoms with E-state index in [1.54, 1.807) is 12.1 Å². The minimum Gasteiger partial charge on any atom is -0.308 e. The van der Waals surface area contributed by atoms with Crippen molar-refractivity contribution in [1.82, 2.24) is 9.97 Å². The van der Waals surface area contributed by atoms with Gasteiger partial charge in [0.15, 0.2) is 0 Å². The summed E-state index contributed by atoms with van der Waals surface area (Å²) in [6, 6.07) is 5.39. The van der Waals surface area contributed by atoms with Gasteiger partial charge in [0.05, 0.1) is 5.02 Å². The molecule has 7 heteroatoms. The quantitative estimate of drug-likeness (QED) is 0.490. The molecule has 0 spiro atoms. The lowest BCUT2D eigenvalue weighted by Crippen LogP contribution is -2.13. The van der Waals surface area contributed by atoms with Crippen LogP contribution in [0.1, 0.15) is 30.1 Å². The second kappa shape index (κ2) is 6.01. The molecule has 0 saturated heterocycles. The van der Waals surface area contributed by atoms with Gasteiger partial charge in [0.1, 0.15) is 16.7 Å². The number of hydrogen-bond acceptors (Lipinski definition) is 5. The number of nitrogens with one attached hydrogen (secondary N) is 1. The predicted molar refractivity (Wildman–Crippen MR) is 87.1 cm³/mol. The van der Waals surface area contributed by atoms with Crippen LogP contribution in [0.15, 0.2) is 28.1 Å². The zero-order valence-electron chi connectivity index (χ0n) is 11.4. The van der Waals surface area contributed by atoms with E-state index in [-0.39, 0.29) is 0 Å². The fourth-order valence-corrected chi connectivity index (χ4v) is 3.35. The lowest BCUT2D eigenvalue weighted by Gasteiger charge is -2.12. The Hall–Kier alpha value is -1.01. The van der Waals surface area contributed by atoms with Gasteiger partial charge in [0.25, 0.3) is 0 Å². The molecule has 0 amide bonds. The summed E-state index contributed by atoms with van der Waals surface area (Å²) in [7, 11) is 0. The second-order valence-corrected chi connectivity index (χ2v) is 6.83. The van der Waals surface area contributed by atoms with Gasteiger partial charge in [0.2, 0.25) is 0 Å². The lowest BCUT2D eigenvalue weighted by atomic mass is 10.3. The zero-order chi connectivity index (χ0) is 15.0. The molecule has 0 aliphatic heterocycles. The monoisotopic (exact) mass is 340 g/mol. The number of benzene rings is 1. The van der Waals surface area contributed by atoms with E-state index in [0.29, 0.717) is 21.8 Å². The Morgan fingerprint density at radius 1 is 1.29 bits per heavy atom. The van der Waals surface area contributed by atoms with Crippen molar-refractivity contribution >= 4 is 40.8 Å². The molecule has 1 heterocycles. The van der Waals surface area contributed by atoms with Crippen molar-refractivity contribution < 1.29 is 0 Å². The van der Waals surface area contributed by atoms with E-state index in [9.17, 15) is 0 Å². The number of hydrogen-bond donors (Lipinski definition) is 2. The Bertz CT molecular complexity index is 689. The summed E-state index contributed by atoms with van der Waals surface area (Å²) in [6.07, 6.45) is 2.27. The molecule has 3 N–H and O–H groups in total. The number of nitrogens with zero attached hydrogens (tertiary/aromatic N) is 2. The standard InChI is InChI=1S/C14H14Cl2N4S/c1-7-12(20-17)18-13(8-2-3-8)19-14(7)21-11-6-9(15)4-5-10(11)16/h4-6,8H,2-3,17H2,1H3,(H,18,19,20). The summed E-state index contributed by atoms with van der Waals surface area (Å²) < 4.78 is 0. The predicted octanol–water partition coefficient (Wildman–Crippen LogP) is 4.41. The minimum absolute atomic E-state index is 0.451. The van der Waals surface area contributed by atoms with Crippen LogP contribution in [0.25, 0.3) is 0 Å². The van der Waals surface area contributed by atoms with Crippen LogP contribution < -0.4 is 11.3 Å². The molecule has 21 heavy (non-hydrogen) atoms. The van der Waals surface area contributed by atoms with Crippen LogP contribution in [-0.2, 0) is 0 Å². The fourth-order valence-electron chi connectivity index (χ4n) is 1.94. The molecule has 1 aromatic carbocycles. The average molecular weight is 341 g/mol. The second-order valence-electron chi connectivity index (χ2n) is 4.96. The van der Waals surface area contributed by atoms with Crippen LogP contribution >= 0.6 is 35.0 Å². The van der Waals surface area contributed by atoms with Gasteiger partial charge in [-0.2, -0.15) is 0 Å². The maximum absolute atomic E-state index is 6.22. The van der Waals surface area contributed by atoms with E-state index in [4.69, 9.17) is 29.0 Å². The van der Waals surface area contributed by atoms with Crippen LogP contribution in [0.3, 0.4) is 0 Å². The van der Waals surface area contributed by atoms with Crippen LogP contribution in [0.2, 0.25) is 10.0 Å². The van der Waals surface area contributed by atoms with Crippen LogP contribution in [0.4, 0.5) is 5.82 Å². The van der Waals surface area contributed by atoms with Gasteiger partial charge in [-0.1, -0.05) is 35.0 Å². The number of hydrazine groups is 1. The van der Waals surface area contributed by atoms with Gasteiger partial charge in [0, 0.05) is 21.4 Å².